The van der Waals surface area contributed by atoms with Crippen molar-refractivity contribution in [1.82, 2.24) is 19.7 Å². The molecule has 31 heavy (non-hydrogen) atoms. The summed E-state index contributed by atoms with van der Waals surface area (Å²) in [5, 5.41) is 9.59. The van der Waals surface area contributed by atoms with Crippen LogP contribution in [0.1, 0.15) is 56.3 Å². The largest absolute Gasteiger partial charge is 0.338 e. The molecule has 4 rings (SSSR count). The summed E-state index contributed by atoms with van der Waals surface area (Å²) in [4.78, 5) is 14.9. The zero-order chi connectivity index (χ0) is 21.8. The predicted molar refractivity (Wildman–Crippen MR) is 122 cm³/mol. The van der Waals surface area contributed by atoms with Crippen LogP contribution in [0, 0.1) is 0 Å². The van der Waals surface area contributed by atoms with Gasteiger partial charge in [0.15, 0.2) is 15.0 Å². The maximum Gasteiger partial charge on any atom is 0.233 e. The summed E-state index contributed by atoms with van der Waals surface area (Å²) in [5.41, 5.74) is 1.18. The van der Waals surface area contributed by atoms with E-state index in [4.69, 9.17) is 0 Å². The molecule has 1 aromatic heterocycles. The number of amides is 1. The molecule has 2 fully saturated rings. The average Bonchev–Trinajstić information content (AvgIpc) is 3.43. The number of hydrogen-bond donors (Lipinski definition) is 0. The predicted octanol–water partition coefficient (Wildman–Crippen LogP) is 3.11. The van der Waals surface area contributed by atoms with Gasteiger partial charge in [-0.25, -0.2) is 8.42 Å². The quantitative estimate of drug-likeness (QED) is 0.505. The number of hydrogen-bond acceptors (Lipinski definition) is 6. The summed E-state index contributed by atoms with van der Waals surface area (Å²) < 4.78 is 26.0. The number of unbranched alkanes of at least 4 members (excludes halogenated alkanes) is 1. The van der Waals surface area contributed by atoms with E-state index in [-0.39, 0.29) is 29.2 Å². The molecule has 1 saturated heterocycles. The second-order valence-electron chi connectivity index (χ2n) is 8.47. The van der Waals surface area contributed by atoms with Crippen molar-refractivity contribution in [2.45, 2.75) is 62.7 Å². The van der Waals surface area contributed by atoms with Crippen molar-refractivity contribution < 1.29 is 13.2 Å². The molecule has 7 nitrogen and oxygen atoms in total. The number of benzene rings is 1. The first kappa shape index (κ1) is 22.3. The maximum absolute atomic E-state index is 13.1. The fourth-order valence-corrected chi connectivity index (χ4v) is 6.60. The van der Waals surface area contributed by atoms with Gasteiger partial charge in [0, 0.05) is 18.5 Å². The van der Waals surface area contributed by atoms with Crippen molar-refractivity contribution >= 4 is 27.5 Å². The highest BCUT2D eigenvalue weighted by Crippen LogP contribution is 2.40. The zero-order valence-corrected chi connectivity index (χ0v) is 19.6. The number of thioether (sulfide) groups is 1. The smallest absolute Gasteiger partial charge is 0.233 e. The Morgan fingerprint density at radius 3 is 2.61 bits per heavy atom. The van der Waals surface area contributed by atoms with Gasteiger partial charge in [-0.1, -0.05) is 55.4 Å². The Morgan fingerprint density at radius 2 is 1.97 bits per heavy atom. The van der Waals surface area contributed by atoms with Gasteiger partial charge >= 0.3 is 0 Å². The Hall–Kier alpha value is -1.87. The van der Waals surface area contributed by atoms with Crippen LogP contribution < -0.4 is 0 Å². The van der Waals surface area contributed by atoms with Crippen LogP contribution in [0.25, 0.3) is 0 Å². The number of carbonyl (C=O) groups is 1. The van der Waals surface area contributed by atoms with Crippen LogP contribution in [0.3, 0.4) is 0 Å². The standard InChI is InChI=1S/C22H30N4O3S2/c1-2-3-12-25(19-11-13-31(28,29)16-19)20(27)15-30-22-24-23-21(18-9-10-18)26(22)14-17-7-5-4-6-8-17/h4-8,18-19H,2-3,9-16H2,1H3. The van der Waals surface area contributed by atoms with Crippen molar-refractivity contribution in [3.05, 3.63) is 41.7 Å². The van der Waals surface area contributed by atoms with E-state index in [9.17, 15) is 13.2 Å². The molecule has 0 spiro atoms. The number of carbonyl (C=O) groups excluding carboxylic acids is 1. The highest BCUT2D eigenvalue weighted by molar-refractivity contribution is 7.99. The van der Waals surface area contributed by atoms with Crippen molar-refractivity contribution in [2.24, 2.45) is 0 Å². The number of nitrogens with zero attached hydrogens (tertiary/aromatic N) is 4. The minimum atomic E-state index is -3.03. The second kappa shape index (κ2) is 9.73. The van der Waals surface area contributed by atoms with Crippen LogP contribution in [0.5, 0.6) is 0 Å². The summed E-state index contributed by atoms with van der Waals surface area (Å²) in [6, 6.07) is 10.0. The molecule has 1 unspecified atom stereocenters. The lowest BCUT2D eigenvalue weighted by molar-refractivity contribution is -0.130. The molecule has 1 aliphatic heterocycles. The molecular weight excluding hydrogens is 432 g/mol. The Balaban J connectivity index is 1.46. The molecule has 0 N–H and O–H groups in total. The van der Waals surface area contributed by atoms with Gasteiger partial charge in [-0.05, 0) is 31.2 Å². The molecule has 1 atom stereocenters. The van der Waals surface area contributed by atoms with Gasteiger partial charge in [-0.3, -0.25) is 4.79 Å². The SMILES string of the molecule is CCCCN(C(=O)CSc1nnc(C2CC2)n1Cc1ccccc1)C1CCS(=O)(=O)C1. The third-order valence-corrected chi connectivity index (χ3v) is 8.62. The van der Waals surface area contributed by atoms with Crippen molar-refractivity contribution in [2.75, 3.05) is 23.8 Å². The molecule has 1 aromatic carbocycles. The summed E-state index contributed by atoms with van der Waals surface area (Å²) in [6.45, 7) is 3.38. The molecule has 0 bridgehead atoms. The van der Waals surface area contributed by atoms with Gasteiger partial charge in [0.2, 0.25) is 5.91 Å². The molecule has 1 amide bonds. The number of aromatic nitrogens is 3. The summed E-state index contributed by atoms with van der Waals surface area (Å²) >= 11 is 1.41. The monoisotopic (exact) mass is 462 g/mol. The van der Waals surface area contributed by atoms with E-state index >= 15 is 0 Å². The molecule has 2 aliphatic rings. The van der Waals surface area contributed by atoms with Crippen LogP contribution in [-0.2, 0) is 21.2 Å². The highest BCUT2D eigenvalue weighted by Gasteiger charge is 2.35. The fourth-order valence-electron chi connectivity index (χ4n) is 4.03. The molecule has 1 aliphatic carbocycles. The fraction of sp³-hybridized carbons (Fsp3) is 0.591. The van der Waals surface area contributed by atoms with E-state index in [0.717, 1.165) is 36.7 Å². The van der Waals surface area contributed by atoms with Crippen LogP contribution in [-0.4, -0.2) is 63.8 Å². The van der Waals surface area contributed by atoms with Gasteiger partial charge in [-0.15, -0.1) is 10.2 Å². The molecule has 9 heteroatoms. The first-order chi connectivity index (χ1) is 15.0. The Kier molecular flexibility index (Phi) is 7.01. The zero-order valence-electron chi connectivity index (χ0n) is 17.9. The van der Waals surface area contributed by atoms with Crippen LogP contribution in [0.2, 0.25) is 0 Å². The van der Waals surface area contributed by atoms with E-state index in [1.165, 1.54) is 17.3 Å². The Morgan fingerprint density at radius 1 is 1.19 bits per heavy atom. The lowest BCUT2D eigenvalue weighted by atomic mass is 10.2. The normalized spacial score (nSPS) is 20.1. The summed E-state index contributed by atoms with van der Waals surface area (Å²) in [5.74, 6) is 1.97. The van der Waals surface area contributed by atoms with E-state index in [2.05, 4.69) is 33.8 Å². The molecule has 168 valence electrons. The molecule has 0 radical (unpaired) electrons. The number of rotatable bonds is 10. The molecule has 2 aromatic rings. The van der Waals surface area contributed by atoms with E-state index in [1.54, 1.807) is 4.90 Å². The van der Waals surface area contributed by atoms with Gasteiger partial charge in [-0.2, -0.15) is 0 Å². The summed E-state index contributed by atoms with van der Waals surface area (Å²) in [7, 11) is -3.03. The molecule has 2 heterocycles. The van der Waals surface area contributed by atoms with Crippen LogP contribution in [0.4, 0.5) is 0 Å². The van der Waals surface area contributed by atoms with Gasteiger partial charge < -0.3 is 9.47 Å². The van der Waals surface area contributed by atoms with E-state index < -0.39 is 9.84 Å². The summed E-state index contributed by atoms with van der Waals surface area (Å²) in [6.07, 6.45) is 4.66. The lowest BCUT2D eigenvalue weighted by Crippen LogP contribution is -2.42. The first-order valence-corrected chi connectivity index (χ1v) is 13.9. The van der Waals surface area contributed by atoms with Crippen LogP contribution in [0.15, 0.2) is 35.5 Å². The second-order valence-corrected chi connectivity index (χ2v) is 11.6. The average molecular weight is 463 g/mol. The topological polar surface area (TPSA) is 85.2 Å². The van der Waals surface area contributed by atoms with Crippen LogP contribution >= 0.6 is 11.8 Å². The van der Waals surface area contributed by atoms with E-state index in [1.807, 2.05) is 18.2 Å². The van der Waals surface area contributed by atoms with Gasteiger partial charge in [0.1, 0.15) is 5.82 Å². The molecular formula is C22H30N4O3S2. The maximum atomic E-state index is 13.1. The third-order valence-electron chi connectivity index (χ3n) is 5.92. The van der Waals surface area contributed by atoms with Gasteiger partial charge in [0.25, 0.3) is 0 Å². The molecule has 1 saturated carbocycles. The Labute approximate surface area is 188 Å². The minimum absolute atomic E-state index is 0.0113. The lowest BCUT2D eigenvalue weighted by Gasteiger charge is -2.28. The Bertz CT molecular complexity index is 1000. The van der Waals surface area contributed by atoms with Crippen molar-refractivity contribution in [1.29, 1.82) is 0 Å². The van der Waals surface area contributed by atoms with Gasteiger partial charge in [0.05, 0.1) is 23.8 Å². The van der Waals surface area contributed by atoms with Crippen molar-refractivity contribution in [3.8, 4) is 0 Å². The first-order valence-electron chi connectivity index (χ1n) is 11.1. The third kappa shape index (κ3) is 5.68. The van der Waals surface area contributed by atoms with Crippen molar-refractivity contribution in [3.63, 3.8) is 0 Å². The highest BCUT2D eigenvalue weighted by atomic mass is 32.2. The van der Waals surface area contributed by atoms with E-state index in [0.29, 0.717) is 25.4 Å². The number of sulfone groups is 1. The minimum Gasteiger partial charge on any atom is -0.338 e.